The van der Waals surface area contributed by atoms with Crippen LogP contribution in [0.3, 0.4) is 0 Å². The first-order valence-electron chi connectivity index (χ1n) is 11.9. The fraction of sp³-hybridized carbons (Fsp3) is 0.917. The Balaban J connectivity index is 2.74. The van der Waals surface area contributed by atoms with Crippen LogP contribution in [0, 0.1) is 0 Å². The molecular weight excluding hydrogens is 380 g/mol. The number of hydrogen-bond acceptors (Lipinski definition) is 4. The van der Waals surface area contributed by atoms with Gasteiger partial charge in [0.25, 0.3) is 0 Å². The average Bonchev–Trinajstić information content (AvgIpc) is 2.61. The summed E-state index contributed by atoms with van der Waals surface area (Å²) in [5.41, 5.74) is -1.02. The van der Waals surface area contributed by atoms with Crippen molar-refractivity contribution in [3.05, 3.63) is 0 Å². The van der Waals surface area contributed by atoms with Crippen LogP contribution in [0.1, 0.15) is 106 Å². The van der Waals surface area contributed by atoms with E-state index >= 15 is 0 Å². The second kappa shape index (κ2) is 12.4. The molecule has 30 heavy (non-hydrogen) atoms. The fourth-order valence-corrected chi connectivity index (χ4v) is 3.74. The Morgan fingerprint density at radius 3 is 1.83 bits per heavy atom. The quantitative estimate of drug-likeness (QED) is 0.402. The minimum absolute atomic E-state index is 0.232. The van der Waals surface area contributed by atoms with Crippen LogP contribution in [0.25, 0.3) is 0 Å². The molecule has 1 aliphatic carbocycles. The molecule has 0 aliphatic heterocycles. The first-order chi connectivity index (χ1) is 13.9. The summed E-state index contributed by atoms with van der Waals surface area (Å²) in [6, 6.07) is 0.240. The molecule has 0 heterocycles. The number of unbranched alkanes of at least 4 members (excludes halogenated alkanes) is 2. The summed E-state index contributed by atoms with van der Waals surface area (Å²) in [5, 5.41) is 0. The van der Waals surface area contributed by atoms with E-state index in [9.17, 15) is 9.59 Å². The minimum Gasteiger partial charge on any atom is -0.444 e. The SMILES string of the molecule is CCCCCN(CCCN(C(=O)OC(C)(C)C)C1CCCCC1)C(=O)OC(C)(C)C. The zero-order valence-electron chi connectivity index (χ0n) is 20.6. The monoisotopic (exact) mass is 426 g/mol. The predicted octanol–water partition coefficient (Wildman–Crippen LogP) is 6.37. The highest BCUT2D eigenvalue weighted by molar-refractivity contribution is 5.69. The van der Waals surface area contributed by atoms with E-state index in [1.165, 1.54) is 6.42 Å². The van der Waals surface area contributed by atoms with Crippen molar-refractivity contribution in [2.45, 2.75) is 123 Å². The van der Waals surface area contributed by atoms with Crippen molar-refractivity contribution in [1.29, 1.82) is 0 Å². The zero-order valence-corrected chi connectivity index (χ0v) is 20.6. The predicted molar refractivity (Wildman–Crippen MR) is 122 cm³/mol. The highest BCUT2D eigenvalue weighted by Gasteiger charge is 2.29. The first kappa shape index (κ1) is 26.6. The lowest BCUT2D eigenvalue weighted by molar-refractivity contribution is 0.00997. The van der Waals surface area contributed by atoms with Crippen LogP contribution < -0.4 is 0 Å². The normalized spacial score (nSPS) is 15.6. The van der Waals surface area contributed by atoms with Crippen LogP contribution in [0.2, 0.25) is 0 Å². The van der Waals surface area contributed by atoms with Gasteiger partial charge in [0.05, 0.1) is 0 Å². The topological polar surface area (TPSA) is 59.1 Å². The maximum atomic E-state index is 12.9. The third-order valence-corrected chi connectivity index (χ3v) is 5.15. The van der Waals surface area contributed by atoms with Crippen molar-refractivity contribution in [2.24, 2.45) is 0 Å². The van der Waals surface area contributed by atoms with Crippen molar-refractivity contribution in [1.82, 2.24) is 9.80 Å². The summed E-state index contributed by atoms with van der Waals surface area (Å²) in [5.74, 6) is 0. The molecule has 0 unspecified atom stereocenters. The molecule has 1 saturated carbocycles. The van der Waals surface area contributed by atoms with E-state index in [-0.39, 0.29) is 18.2 Å². The van der Waals surface area contributed by atoms with Gasteiger partial charge in [-0.05, 0) is 67.2 Å². The maximum absolute atomic E-state index is 12.9. The van der Waals surface area contributed by atoms with Gasteiger partial charge in [-0.1, -0.05) is 39.0 Å². The molecule has 0 bridgehead atoms. The summed E-state index contributed by atoms with van der Waals surface area (Å²) < 4.78 is 11.3. The first-order valence-corrected chi connectivity index (χ1v) is 11.9. The molecule has 0 radical (unpaired) electrons. The molecule has 0 aromatic carbocycles. The zero-order chi connectivity index (χ0) is 22.8. The largest absolute Gasteiger partial charge is 0.444 e. The number of rotatable bonds is 9. The van der Waals surface area contributed by atoms with E-state index in [1.807, 2.05) is 46.4 Å². The number of ether oxygens (including phenoxy) is 2. The number of carbonyl (C=O) groups is 2. The van der Waals surface area contributed by atoms with Crippen LogP contribution in [0.4, 0.5) is 9.59 Å². The second-order valence-corrected chi connectivity index (χ2v) is 10.5. The average molecular weight is 427 g/mol. The Morgan fingerprint density at radius 2 is 1.30 bits per heavy atom. The van der Waals surface area contributed by atoms with Crippen molar-refractivity contribution < 1.29 is 19.1 Å². The van der Waals surface area contributed by atoms with Crippen LogP contribution in [-0.2, 0) is 9.47 Å². The maximum Gasteiger partial charge on any atom is 0.410 e. The smallest absolute Gasteiger partial charge is 0.410 e. The summed E-state index contributed by atoms with van der Waals surface area (Å²) in [7, 11) is 0. The van der Waals surface area contributed by atoms with Gasteiger partial charge < -0.3 is 19.3 Å². The number of amides is 2. The Labute approximate surface area is 184 Å². The van der Waals surface area contributed by atoms with Gasteiger partial charge in [-0.15, -0.1) is 0 Å². The highest BCUT2D eigenvalue weighted by Crippen LogP contribution is 2.25. The number of nitrogens with zero attached hydrogens (tertiary/aromatic N) is 2. The molecule has 0 saturated heterocycles. The van der Waals surface area contributed by atoms with Crippen molar-refractivity contribution in [2.75, 3.05) is 19.6 Å². The van der Waals surface area contributed by atoms with Gasteiger partial charge in [-0.2, -0.15) is 0 Å². The van der Waals surface area contributed by atoms with Crippen LogP contribution in [-0.4, -0.2) is 58.9 Å². The van der Waals surface area contributed by atoms with Gasteiger partial charge >= 0.3 is 12.2 Å². The van der Waals surface area contributed by atoms with E-state index in [0.29, 0.717) is 19.6 Å². The van der Waals surface area contributed by atoms with Crippen molar-refractivity contribution in [3.8, 4) is 0 Å². The summed E-state index contributed by atoms with van der Waals surface area (Å²) >= 11 is 0. The molecule has 1 aliphatic rings. The molecule has 1 fully saturated rings. The van der Waals surface area contributed by atoms with E-state index in [0.717, 1.165) is 51.4 Å². The van der Waals surface area contributed by atoms with Gasteiger partial charge in [0, 0.05) is 25.7 Å². The van der Waals surface area contributed by atoms with Crippen LogP contribution in [0.5, 0.6) is 0 Å². The summed E-state index contributed by atoms with van der Waals surface area (Å²) in [6.07, 6.45) is 9.01. The van der Waals surface area contributed by atoms with Gasteiger partial charge in [-0.25, -0.2) is 9.59 Å². The van der Waals surface area contributed by atoms with Crippen LogP contribution >= 0.6 is 0 Å². The Kier molecular flexibility index (Phi) is 11.0. The molecule has 2 amide bonds. The second-order valence-electron chi connectivity index (χ2n) is 10.5. The number of carbonyl (C=O) groups excluding carboxylic acids is 2. The molecule has 6 nitrogen and oxygen atoms in total. The summed E-state index contributed by atoms with van der Waals surface area (Å²) in [6.45, 7) is 15.4. The molecular formula is C24H46N2O4. The third-order valence-electron chi connectivity index (χ3n) is 5.15. The molecule has 0 spiro atoms. The summed E-state index contributed by atoms with van der Waals surface area (Å²) in [4.78, 5) is 29.2. The standard InChI is InChI=1S/C24H46N2O4/c1-8-9-13-17-25(21(27)29-23(2,3)4)18-14-19-26(20-15-11-10-12-16-20)22(28)30-24(5,6)7/h20H,8-19H2,1-7H3. The van der Waals surface area contributed by atoms with E-state index < -0.39 is 11.2 Å². The molecule has 0 aromatic heterocycles. The lowest BCUT2D eigenvalue weighted by Gasteiger charge is -2.36. The van der Waals surface area contributed by atoms with Crippen molar-refractivity contribution in [3.63, 3.8) is 0 Å². The molecule has 6 heteroatoms. The van der Waals surface area contributed by atoms with E-state index in [4.69, 9.17) is 9.47 Å². The molecule has 1 rings (SSSR count). The Hall–Kier alpha value is -1.46. The van der Waals surface area contributed by atoms with Gasteiger partial charge in [0.1, 0.15) is 11.2 Å². The van der Waals surface area contributed by atoms with Crippen LogP contribution in [0.15, 0.2) is 0 Å². The van der Waals surface area contributed by atoms with E-state index in [1.54, 1.807) is 4.90 Å². The Bertz CT molecular complexity index is 516. The number of hydrogen-bond donors (Lipinski definition) is 0. The third kappa shape index (κ3) is 11.1. The minimum atomic E-state index is -0.509. The molecule has 176 valence electrons. The lowest BCUT2D eigenvalue weighted by atomic mass is 9.94. The van der Waals surface area contributed by atoms with Crippen molar-refractivity contribution >= 4 is 12.2 Å². The Morgan fingerprint density at radius 1 is 0.767 bits per heavy atom. The molecule has 0 atom stereocenters. The van der Waals surface area contributed by atoms with Gasteiger partial charge in [0.2, 0.25) is 0 Å². The highest BCUT2D eigenvalue weighted by atomic mass is 16.6. The molecule has 0 aromatic rings. The fourth-order valence-electron chi connectivity index (χ4n) is 3.74. The molecule has 0 N–H and O–H groups in total. The lowest BCUT2D eigenvalue weighted by Crippen LogP contribution is -2.46. The van der Waals surface area contributed by atoms with E-state index in [2.05, 4.69) is 6.92 Å². The van der Waals surface area contributed by atoms with Gasteiger partial charge in [0.15, 0.2) is 0 Å². The van der Waals surface area contributed by atoms with Gasteiger partial charge in [-0.3, -0.25) is 0 Å².